The molecule has 0 aliphatic carbocycles. The number of ether oxygens (including phenoxy) is 2. The van der Waals surface area contributed by atoms with E-state index in [4.69, 9.17) is 14.5 Å². The van der Waals surface area contributed by atoms with Gasteiger partial charge in [-0.15, -0.1) is 0 Å². The normalized spacial score (nSPS) is 11.6. The van der Waals surface area contributed by atoms with Gasteiger partial charge in [-0.1, -0.05) is 17.7 Å². The summed E-state index contributed by atoms with van der Waals surface area (Å²) in [7, 11) is 6.68. The fourth-order valence-corrected chi connectivity index (χ4v) is 3.58. The predicted molar refractivity (Wildman–Crippen MR) is 115 cm³/mol. The first-order valence-corrected chi connectivity index (χ1v) is 9.39. The third-order valence-electron chi connectivity index (χ3n) is 5.09. The lowest BCUT2D eigenvalue weighted by atomic mass is 10.1. The highest BCUT2D eigenvalue weighted by Crippen LogP contribution is 2.32. The number of nitrogens with zero attached hydrogens (tertiary/aromatic N) is 3. The highest BCUT2D eigenvalue weighted by molar-refractivity contribution is 5.68. The van der Waals surface area contributed by atoms with Crippen LogP contribution >= 0.6 is 0 Å². The Balaban J connectivity index is 2.32. The maximum atomic E-state index is 12.9. The van der Waals surface area contributed by atoms with Crippen molar-refractivity contribution >= 4 is 5.69 Å². The van der Waals surface area contributed by atoms with E-state index in [2.05, 4.69) is 19.1 Å². The van der Waals surface area contributed by atoms with Crippen molar-refractivity contribution in [2.45, 2.75) is 20.8 Å². The van der Waals surface area contributed by atoms with Crippen molar-refractivity contribution in [2.24, 2.45) is 19.1 Å². The van der Waals surface area contributed by atoms with E-state index in [-0.39, 0.29) is 5.69 Å². The zero-order valence-corrected chi connectivity index (χ0v) is 18.0. The highest BCUT2D eigenvalue weighted by Gasteiger charge is 2.13. The molecular formula is C23H27N3O3. The molecule has 2 aromatic carbocycles. The molecule has 0 amide bonds. The maximum Gasteiger partial charge on any atom is 0.329 e. The second kappa shape index (κ2) is 7.99. The van der Waals surface area contributed by atoms with E-state index in [1.807, 2.05) is 32.0 Å². The van der Waals surface area contributed by atoms with E-state index in [0.29, 0.717) is 22.7 Å². The fourth-order valence-electron chi connectivity index (χ4n) is 3.58. The molecule has 3 aromatic rings. The standard InChI is InChI=1S/C23H27N3O3/c1-14-10-15(2)22(16(3)11-14)24-21-13-19(25(4)23(27)26(21)5)18-9-8-17(28-6)12-20(18)29-7/h8-13H,1-7H3. The number of aryl methyl sites for hydroxylation is 3. The Hall–Kier alpha value is -3.28. The monoisotopic (exact) mass is 393 g/mol. The minimum atomic E-state index is -0.165. The Kier molecular flexibility index (Phi) is 5.64. The molecular weight excluding hydrogens is 366 g/mol. The van der Waals surface area contributed by atoms with Crippen LogP contribution in [0.4, 0.5) is 5.69 Å². The van der Waals surface area contributed by atoms with Crippen LogP contribution in [-0.4, -0.2) is 23.4 Å². The quantitative estimate of drug-likeness (QED) is 0.681. The molecule has 0 aliphatic rings. The molecule has 29 heavy (non-hydrogen) atoms. The number of methoxy groups -OCH3 is 2. The summed E-state index contributed by atoms with van der Waals surface area (Å²) in [5, 5.41) is 0. The van der Waals surface area contributed by atoms with Gasteiger partial charge in [0.05, 0.1) is 25.6 Å². The van der Waals surface area contributed by atoms with Crippen LogP contribution < -0.4 is 20.7 Å². The molecule has 0 spiro atoms. The van der Waals surface area contributed by atoms with Crippen LogP contribution in [0.2, 0.25) is 0 Å². The van der Waals surface area contributed by atoms with Gasteiger partial charge in [0.15, 0.2) is 0 Å². The van der Waals surface area contributed by atoms with Gasteiger partial charge in [-0.05, 0) is 44.0 Å². The summed E-state index contributed by atoms with van der Waals surface area (Å²) in [5.74, 6) is 1.31. The van der Waals surface area contributed by atoms with Crippen molar-refractivity contribution in [2.75, 3.05) is 14.2 Å². The number of aromatic nitrogens is 2. The molecule has 6 nitrogen and oxygen atoms in total. The molecule has 0 saturated heterocycles. The van der Waals surface area contributed by atoms with Gasteiger partial charge in [0.2, 0.25) is 0 Å². The Bertz CT molecular complexity index is 1180. The van der Waals surface area contributed by atoms with E-state index in [1.54, 1.807) is 43.5 Å². The first kappa shape index (κ1) is 20.5. The molecule has 0 aliphatic heterocycles. The summed E-state index contributed by atoms with van der Waals surface area (Å²) < 4.78 is 14.0. The molecule has 0 saturated carbocycles. The Labute approximate surface area is 170 Å². The van der Waals surface area contributed by atoms with Crippen LogP contribution in [0.3, 0.4) is 0 Å². The minimum absolute atomic E-state index is 0.165. The Morgan fingerprint density at radius 1 is 0.862 bits per heavy atom. The van der Waals surface area contributed by atoms with E-state index < -0.39 is 0 Å². The van der Waals surface area contributed by atoms with Crippen LogP contribution in [0.5, 0.6) is 11.5 Å². The lowest BCUT2D eigenvalue weighted by Gasteiger charge is -2.15. The number of rotatable bonds is 4. The lowest BCUT2D eigenvalue weighted by Crippen LogP contribution is -2.37. The smallest absolute Gasteiger partial charge is 0.329 e. The van der Waals surface area contributed by atoms with Crippen LogP contribution in [0.25, 0.3) is 11.3 Å². The third-order valence-corrected chi connectivity index (χ3v) is 5.09. The van der Waals surface area contributed by atoms with Gasteiger partial charge in [0, 0.05) is 31.8 Å². The van der Waals surface area contributed by atoms with E-state index in [1.165, 1.54) is 5.56 Å². The van der Waals surface area contributed by atoms with Crippen molar-refractivity contribution in [3.8, 4) is 22.8 Å². The summed E-state index contributed by atoms with van der Waals surface area (Å²) in [6.45, 7) is 6.14. The number of hydrogen-bond donors (Lipinski definition) is 0. The van der Waals surface area contributed by atoms with E-state index in [0.717, 1.165) is 22.4 Å². The lowest BCUT2D eigenvalue weighted by molar-refractivity contribution is 0.395. The molecule has 152 valence electrons. The number of hydrogen-bond acceptors (Lipinski definition) is 4. The van der Waals surface area contributed by atoms with Gasteiger partial charge in [-0.3, -0.25) is 9.13 Å². The fraction of sp³-hybridized carbons (Fsp3) is 0.304. The zero-order chi connectivity index (χ0) is 21.3. The molecule has 0 unspecified atom stereocenters. The maximum absolute atomic E-state index is 12.9. The number of benzene rings is 2. The molecule has 0 N–H and O–H groups in total. The molecule has 0 atom stereocenters. The predicted octanol–water partition coefficient (Wildman–Crippen LogP) is 3.57. The average molecular weight is 393 g/mol. The molecule has 1 heterocycles. The first-order valence-electron chi connectivity index (χ1n) is 9.39. The van der Waals surface area contributed by atoms with Crippen molar-refractivity contribution in [1.82, 2.24) is 9.13 Å². The van der Waals surface area contributed by atoms with Crippen LogP contribution in [0.15, 0.2) is 46.2 Å². The first-order chi connectivity index (χ1) is 13.8. The van der Waals surface area contributed by atoms with Crippen molar-refractivity contribution in [1.29, 1.82) is 0 Å². The van der Waals surface area contributed by atoms with Crippen molar-refractivity contribution in [3.63, 3.8) is 0 Å². The molecule has 0 bridgehead atoms. The highest BCUT2D eigenvalue weighted by atomic mass is 16.5. The second-order valence-corrected chi connectivity index (χ2v) is 7.21. The Morgan fingerprint density at radius 3 is 2.10 bits per heavy atom. The van der Waals surface area contributed by atoms with Crippen LogP contribution in [0.1, 0.15) is 16.7 Å². The van der Waals surface area contributed by atoms with E-state index >= 15 is 0 Å². The van der Waals surface area contributed by atoms with Crippen LogP contribution in [-0.2, 0) is 14.1 Å². The molecule has 0 radical (unpaired) electrons. The van der Waals surface area contributed by atoms with Gasteiger partial charge in [-0.25, -0.2) is 9.79 Å². The van der Waals surface area contributed by atoms with Crippen molar-refractivity contribution in [3.05, 3.63) is 69.1 Å². The van der Waals surface area contributed by atoms with Gasteiger partial charge in [0.1, 0.15) is 17.0 Å². The molecule has 0 fully saturated rings. The van der Waals surface area contributed by atoms with Gasteiger partial charge in [-0.2, -0.15) is 0 Å². The third kappa shape index (κ3) is 3.83. The van der Waals surface area contributed by atoms with E-state index in [9.17, 15) is 4.79 Å². The second-order valence-electron chi connectivity index (χ2n) is 7.21. The topological polar surface area (TPSA) is 57.8 Å². The minimum Gasteiger partial charge on any atom is -0.497 e. The van der Waals surface area contributed by atoms with Crippen molar-refractivity contribution < 1.29 is 9.47 Å². The summed E-state index contributed by atoms with van der Waals surface area (Å²) >= 11 is 0. The zero-order valence-electron chi connectivity index (χ0n) is 18.0. The van der Waals surface area contributed by atoms with Gasteiger partial charge >= 0.3 is 5.69 Å². The van der Waals surface area contributed by atoms with Gasteiger partial charge < -0.3 is 9.47 Å². The molecule has 6 heteroatoms. The van der Waals surface area contributed by atoms with Crippen LogP contribution in [0, 0.1) is 20.8 Å². The SMILES string of the molecule is COc1ccc(-c2cc(=Nc3c(C)cc(C)cc3C)n(C)c(=O)n2C)c(OC)c1. The average Bonchev–Trinajstić information content (AvgIpc) is 2.70. The van der Waals surface area contributed by atoms with Gasteiger partial charge in [0.25, 0.3) is 0 Å². The summed E-state index contributed by atoms with van der Waals surface area (Å²) in [4.78, 5) is 17.8. The summed E-state index contributed by atoms with van der Waals surface area (Å²) in [5.41, 5.74) is 6.15. The Morgan fingerprint density at radius 2 is 1.52 bits per heavy atom. The largest absolute Gasteiger partial charge is 0.497 e. The molecule has 3 rings (SSSR count). The summed E-state index contributed by atoms with van der Waals surface area (Å²) in [6, 6.07) is 11.6. The summed E-state index contributed by atoms with van der Waals surface area (Å²) in [6.07, 6.45) is 0. The molecule has 1 aromatic heterocycles.